The third-order valence-corrected chi connectivity index (χ3v) is 5.41. The van der Waals surface area contributed by atoms with Crippen LogP contribution in [0.3, 0.4) is 0 Å². The molecule has 0 unspecified atom stereocenters. The third kappa shape index (κ3) is 3.71. The molecule has 2 amide bonds. The second-order valence-electron chi connectivity index (χ2n) is 6.10. The molecule has 5 heteroatoms. The molecular weight excluding hydrogens is 332 g/mol. The van der Waals surface area contributed by atoms with Crippen LogP contribution in [0.2, 0.25) is 0 Å². The molecule has 25 heavy (non-hydrogen) atoms. The highest BCUT2D eigenvalue weighted by Gasteiger charge is 2.35. The molecule has 1 saturated heterocycles. The SMILES string of the molecule is CCCC(=O)Nc1ccccc1[C@@H]1SCC(=O)N1c1ccccc1C. The Balaban J connectivity index is 1.97. The maximum atomic E-state index is 12.6. The van der Waals surface area contributed by atoms with Gasteiger partial charge in [0.1, 0.15) is 5.37 Å². The van der Waals surface area contributed by atoms with Crippen LogP contribution in [-0.2, 0) is 9.59 Å². The summed E-state index contributed by atoms with van der Waals surface area (Å²) in [5.41, 5.74) is 3.74. The lowest BCUT2D eigenvalue weighted by Gasteiger charge is -2.27. The van der Waals surface area contributed by atoms with E-state index < -0.39 is 0 Å². The molecule has 0 saturated carbocycles. The standard InChI is InChI=1S/C20H22N2O2S/c1-3-8-18(23)21-16-11-6-5-10-15(16)20-22(19(24)13-25-20)17-12-7-4-9-14(17)2/h4-7,9-12,20H,3,8,13H2,1-2H3,(H,21,23)/t20-/m0/s1. The number of aryl methyl sites for hydroxylation is 1. The molecule has 2 aromatic carbocycles. The van der Waals surface area contributed by atoms with Gasteiger partial charge in [0.05, 0.1) is 5.75 Å². The van der Waals surface area contributed by atoms with E-state index in [0.717, 1.165) is 28.9 Å². The van der Waals surface area contributed by atoms with E-state index in [1.807, 2.05) is 67.3 Å². The number of para-hydroxylation sites is 2. The largest absolute Gasteiger partial charge is 0.326 e. The molecule has 0 aliphatic carbocycles. The van der Waals surface area contributed by atoms with Gasteiger partial charge in [-0.3, -0.25) is 14.5 Å². The molecule has 1 fully saturated rings. The Hall–Kier alpha value is -2.27. The van der Waals surface area contributed by atoms with Gasteiger partial charge in [0.25, 0.3) is 0 Å². The molecule has 1 N–H and O–H groups in total. The van der Waals surface area contributed by atoms with Crippen molar-refractivity contribution < 1.29 is 9.59 Å². The first-order valence-corrected chi connectivity index (χ1v) is 9.54. The van der Waals surface area contributed by atoms with Crippen LogP contribution in [-0.4, -0.2) is 17.6 Å². The fraction of sp³-hybridized carbons (Fsp3) is 0.300. The maximum absolute atomic E-state index is 12.6. The van der Waals surface area contributed by atoms with Crippen LogP contribution in [0.25, 0.3) is 0 Å². The molecule has 1 aliphatic rings. The number of hydrogen-bond acceptors (Lipinski definition) is 3. The number of amides is 2. The second-order valence-corrected chi connectivity index (χ2v) is 7.17. The van der Waals surface area contributed by atoms with Gasteiger partial charge in [0.15, 0.2) is 0 Å². The number of thioether (sulfide) groups is 1. The van der Waals surface area contributed by atoms with Crippen molar-refractivity contribution in [2.75, 3.05) is 16.0 Å². The fourth-order valence-corrected chi connectivity index (χ4v) is 4.22. The number of nitrogens with one attached hydrogen (secondary N) is 1. The van der Waals surface area contributed by atoms with E-state index in [0.29, 0.717) is 12.2 Å². The topological polar surface area (TPSA) is 49.4 Å². The van der Waals surface area contributed by atoms with Crippen LogP contribution in [0.15, 0.2) is 48.5 Å². The number of carbonyl (C=O) groups excluding carboxylic acids is 2. The lowest BCUT2D eigenvalue weighted by molar-refractivity contribution is -0.116. The lowest BCUT2D eigenvalue weighted by Crippen LogP contribution is -2.29. The number of nitrogens with zero attached hydrogens (tertiary/aromatic N) is 1. The number of benzene rings is 2. The van der Waals surface area contributed by atoms with Crippen molar-refractivity contribution in [1.82, 2.24) is 0 Å². The van der Waals surface area contributed by atoms with Crippen molar-refractivity contribution >= 4 is 35.0 Å². The molecular formula is C20H22N2O2S. The summed E-state index contributed by atoms with van der Waals surface area (Å²) >= 11 is 1.59. The predicted octanol–water partition coefficient (Wildman–Crippen LogP) is 4.51. The van der Waals surface area contributed by atoms with Crippen LogP contribution in [0.1, 0.15) is 36.3 Å². The van der Waals surface area contributed by atoms with E-state index in [4.69, 9.17) is 0 Å². The second kappa shape index (κ2) is 7.74. The molecule has 2 aromatic rings. The van der Waals surface area contributed by atoms with Crippen molar-refractivity contribution in [2.24, 2.45) is 0 Å². The Morgan fingerprint density at radius 3 is 2.68 bits per heavy atom. The summed E-state index contributed by atoms with van der Waals surface area (Å²) < 4.78 is 0. The minimum atomic E-state index is -0.133. The zero-order valence-corrected chi connectivity index (χ0v) is 15.3. The van der Waals surface area contributed by atoms with Gasteiger partial charge in [0.2, 0.25) is 11.8 Å². The van der Waals surface area contributed by atoms with Crippen LogP contribution in [0.4, 0.5) is 11.4 Å². The first-order valence-electron chi connectivity index (χ1n) is 8.50. The molecule has 0 radical (unpaired) electrons. The Bertz CT molecular complexity index is 791. The third-order valence-electron chi connectivity index (χ3n) is 4.22. The Labute approximate surface area is 152 Å². The minimum absolute atomic E-state index is 0.00622. The summed E-state index contributed by atoms with van der Waals surface area (Å²) in [5, 5.41) is 2.87. The van der Waals surface area contributed by atoms with E-state index in [-0.39, 0.29) is 17.2 Å². The Kier molecular flexibility index (Phi) is 5.43. The lowest BCUT2D eigenvalue weighted by atomic mass is 10.1. The summed E-state index contributed by atoms with van der Waals surface area (Å²) in [4.78, 5) is 26.5. The van der Waals surface area contributed by atoms with E-state index in [1.165, 1.54) is 0 Å². The molecule has 0 bridgehead atoms. The van der Waals surface area contributed by atoms with Gasteiger partial charge < -0.3 is 5.32 Å². The first-order chi connectivity index (χ1) is 12.1. The van der Waals surface area contributed by atoms with E-state index in [9.17, 15) is 9.59 Å². The van der Waals surface area contributed by atoms with Gasteiger partial charge in [-0.15, -0.1) is 11.8 Å². The average Bonchev–Trinajstić information content (AvgIpc) is 2.97. The average molecular weight is 354 g/mol. The monoisotopic (exact) mass is 354 g/mol. The summed E-state index contributed by atoms with van der Waals surface area (Å²) in [6.45, 7) is 3.99. The number of carbonyl (C=O) groups is 2. The molecule has 4 nitrogen and oxygen atoms in total. The van der Waals surface area contributed by atoms with Crippen LogP contribution >= 0.6 is 11.8 Å². The Morgan fingerprint density at radius 1 is 1.20 bits per heavy atom. The number of rotatable bonds is 5. The van der Waals surface area contributed by atoms with Gasteiger partial charge >= 0.3 is 0 Å². The highest BCUT2D eigenvalue weighted by molar-refractivity contribution is 8.00. The van der Waals surface area contributed by atoms with Gasteiger partial charge in [-0.25, -0.2) is 0 Å². The molecule has 3 rings (SSSR count). The van der Waals surface area contributed by atoms with Crippen molar-refractivity contribution in [1.29, 1.82) is 0 Å². The van der Waals surface area contributed by atoms with Crippen molar-refractivity contribution in [3.8, 4) is 0 Å². The highest BCUT2D eigenvalue weighted by Crippen LogP contribution is 2.44. The highest BCUT2D eigenvalue weighted by atomic mass is 32.2. The zero-order chi connectivity index (χ0) is 17.8. The van der Waals surface area contributed by atoms with Crippen molar-refractivity contribution in [3.05, 3.63) is 59.7 Å². The Morgan fingerprint density at radius 2 is 1.92 bits per heavy atom. The van der Waals surface area contributed by atoms with Gasteiger partial charge in [0, 0.05) is 23.4 Å². The van der Waals surface area contributed by atoms with Gasteiger partial charge in [-0.1, -0.05) is 43.3 Å². The van der Waals surface area contributed by atoms with Gasteiger partial charge in [-0.2, -0.15) is 0 Å². The van der Waals surface area contributed by atoms with E-state index in [1.54, 1.807) is 11.8 Å². The molecule has 130 valence electrons. The minimum Gasteiger partial charge on any atom is -0.326 e. The number of hydrogen-bond donors (Lipinski definition) is 1. The molecule has 0 spiro atoms. The zero-order valence-electron chi connectivity index (χ0n) is 14.5. The molecule has 0 aromatic heterocycles. The van der Waals surface area contributed by atoms with Crippen LogP contribution in [0, 0.1) is 6.92 Å². The summed E-state index contributed by atoms with van der Waals surface area (Å²) in [5.74, 6) is 0.543. The summed E-state index contributed by atoms with van der Waals surface area (Å²) in [6.07, 6.45) is 1.30. The first kappa shape index (κ1) is 17.5. The summed E-state index contributed by atoms with van der Waals surface area (Å²) in [6, 6.07) is 15.7. The molecule has 1 heterocycles. The summed E-state index contributed by atoms with van der Waals surface area (Å²) in [7, 11) is 0. The predicted molar refractivity (Wildman–Crippen MR) is 104 cm³/mol. The van der Waals surface area contributed by atoms with Crippen molar-refractivity contribution in [2.45, 2.75) is 32.1 Å². The van der Waals surface area contributed by atoms with Crippen molar-refractivity contribution in [3.63, 3.8) is 0 Å². The fourth-order valence-electron chi connectivity index (χ4n) is 3.01. The normalized spacial score (nSPS) is 17.0. The van der Waals surface area contributed by atoms with Gasteiger partial charge in [-0.05, 0) is 31.0 Å². The molecule has 1 aliphatic heterocycles. The number of anilines is 2. The molecule has 1 atom stereocenters. The van der Waals surface area contributed by atoms with E-state index >= 15 is 0 Å². The van der Waals surface area contributed by atoms with Crippen LogP contribution in [0.5, 0.6) is 0 Å². The van der Waals surface area contributed by atoms with Crippen LogP contribution < -0.4 is 10.2 Å². The van der Waals surface area contributed by atoms with E-state index in [2.05, 4.69) is 5.32 Å². The quantitative estimate of drug-likeness (QED) is 0.859. The smallest absolute Gasteiger partial charge is 0.238 e. The maximum Gasteiger partial charge on any atom is 0.238 e.